The van der Waals surface area contributed by atoms with Crippen molar-refractivity contribution >= 4 is 23.8 Å². The minimum Gasteiger partial charge on any atom is -0.456 e. The Morgan fingerprint density at radius 3 is 2.43 bits per heavy atom. The third-order valence-electron chi connectivity index (χ3n) is 3.88. The van der Waals surface area contributed by atoms with Crippen molar-refractivity contribution in [3.8, 4) is 0 Å². The van der Waals surface area contributed by atoms with Crippen LogP contribution in [0.25, 0.3) is 0 Å². The maximum absolute atomic E-state index is 12.5. The van der Waals surface area contributed by atoms with E-state index in [1.54, 1.807) is 19.0 Å². The summed E-state index contributed by atoms with van der Waals surface area (Å²) in [6, 6.07) is 8.54. The molecule has 2 aromatic rings. The van der Waals surface area contributed by atoms with Gasteiger partial charge in [0.15, 0.2) is 12.4 Å². The average Bonchev–Trinajstić information content (AvgIpc) is 2.64. The first-order chi connectivity index (χ1) is 13.3. The van der Waals surface area contributed by atoms with E-state index < -0.39 is 12.0 Å². The van der Waals surface area contributed by atoms with Crippen LogP contribution in [0, 0.1) is 5.92 Å². The normalized spacial score (nSPS) is 11.8. The Morgan fingerprint density at radius 1 is 1.14 bits per heavy atom. The van der Waals surface area contributed by atoms with Crippen LogP contribution >= 0.6 is 0 Å². The largest absolute Gasteiger partial charge is 0.456 e. The van der Waals surface area contributed by atoms with Gasteiger partial charge in [0, 0.05) is 14.1 Å². The van der Waals surface area contributed by atoms with E-state index in [2.05, 4.69) is 20.3 Å². The second-order valence-electron chi connectivity index (χ2n) is 6.86. The number of benzene rings is 1. The summed E-state index contributed by atoms with van der Waals surface area (Å²) in [5.41, 5.74) is 6.53. The zero-order valence-electron chi connectivity index (χ0n) is 16.5. The fourth-order valence-corrected chi connectivity index (χ4v) is 2.42. The van der Waals surface area contributed by atoms with Crippen LogP contribution in [0.4, 0.5) is 11.9 Å². The van der Waals surface area contributed by atoms with E-state index in [1.807, 2.05) is 44.2 Å². The smallest absolute Gasteiger partial charge is 0.329 e. The lowest BCUT2D eigenvalue weighted by Crippen LogP contribution is -2.45. The van der Waals surface area contributed by atoms with Gasteiger partial charge < -0.3 is 20.7 Å². The van der Waals surface area contributed by atoms with E-state index in [1.165, 1.54) is 0 Å². The second kappa shape index (κ2) is 9.63. The Morgan fingerprint density at radius 2 is 1.82 bits per heavy atom. The molecule has 0 unspecified atom stereocenters. The van der Waals surface area contributed by atoms with Crippen molar-refractivity contribution in [2.45, 2.75) is 32.9 Å². The van der Waals surface area contributed by atoms with Gasteiger partial charge in [-0.25, -0.2) is 4.79 Å². The molecule has 0 aliphatic heterocycles. The molecule has 150 valence electrons. The minimum absolute atomic E-state index is 0.0429. The Balaban J connectivity index is 1.98. The fraction of sp³-hybridized carbons (Fsp3) is 0.421. The van der Waals surface area contributed by atoms with Crippen LogP contribution in [0.2, 0.25) is 0 Å². The van der Waals surface area contributed by atoms with Crippen molar-refractivity contribution in [3.05, 3.63) is 41.7 Å². The second-order valence-corrected chi connectivity index (χ2v) is 6.86. The van der Waals surface area contributed by atoms with Crippen molar-refractivity contribution in [2.24, 2.45) is 5.92 Å². The number of carbonyl (C=O) groups excluding carboxylic acids is 2. The number of hydrogen-bond donors (Lipinski definition) is 2. The van der Waals surface area contributed by atoms with Crippen LogP contribution in [0.5, 0.6) is 0 Å². The molecular formula is C19H26N6O3. The van der Waals surface area contributed by atoms with Gasteiger partial charge in [-0.15, -0.1) is 0 Å². The number of amides is 1. The van der Waals surface area contributed by atoms with Crippen LogP contribution in [-0.4, -0.2) is 47.0 Å². The first kappa shape index (κ1) is 21.1. The molecule has 0 aliphatic carbocycles. The Labute approximate surface area is 164 Å². The van der Waals surface area contributed by atoms with Crippen molar-refractivity contribution in [3.63, 3.8) is 0 Å². The number of carbonyl (C=O) groups is 2. The van der Waals surface area contributed by atoms with Gasteiger partial charge in [0.05, 0.1) is 6.42 Å². The lowest BCUT2D eigenvalue weighted by molar-refractivity contribution is -0.150. The highest BCUT2D eigenvalue weighted by Crippen LogP contribution is 2.10. The number of esters is 1. The average molecular weight is 386 g/mol. The highest BCUT2D eigenvalue weighted by Gasteiger charge is 2.26. The highest BCUT2D eigenvalue weighted by atomic mass is 16.5. The third-order valence-corrected chi connectivity index (χ3v) is 3.88. The molecule has 0 saturated heterocycles. The van der Waals surface area contributed by atoms with Crippen LogP contribution in [0.3, 0.4) is 0 Å². The predicted molar refractivity (Wildman–Crippen MR) is 105 cm³/mol. The lowest BCUT2D eigenvalue weighted by Gasteiger charge is -2.21. The van der Waals surface area contributed by atoms with E-state index in [0.717, 1.165) is 5.56 Å². The van der Waals surface area contributed by atoms with Crippen LogP contribution < -0.4 is 16.0 Å². The molecule has 0 aliphatic rings. The number of rotatable bonds is 8. The zero-order valence-corrected chi connectivity index (χ0v) is 16.5. The summed E-state index contributed by atoms with van der Waals surface area (Å²) in [5.74, 6) is -0.296. The lowest BCUT2D eigenvalue weighted by atomic mass is 10.0. The van der Waals surface area contributed by atoms with E-state index in [-0.39, 0.29) is 36.6 Å². The van der Waals surface area contributed by atoms with E-state index in [0.29, 0.717) is 5.95 Å². The van der Waals surface area contributed by atoms with Crippen molar-refractivity contribution < 1.29 is 14.3 Å². The van der Waals surface area contributed by atoms with Crippen LogP contribution in [0.1, 0.15) is 25.2 Å². The first-order valence-electron chi connectivity index (χ1n) is 8.94. The summed E-state index contributed by atoms with van der Waals surface area (Å²) in [6.45, 7) is 3.50. The van der Waals surface area contributed by atoms with Gasteiger partial charge in [0.1, 0.15) is 6.04 Å². The van der Waals surface area contributed by atoms with Gasteiger partial charge in [-0.2, -0.15) is 15.0 Å². The number of nitrogens with one attached hydrogen (secondary N) is 1. The molecule has 1 atom stereocenters. The fourth-order valence-electron chi connectivity index (χ4n) is 2.42. The summed E-state index contributed by atoms with van der Waals surface area (Å²) in [7, 11) is 3.53. The van der Waals surface area contributed by atoms with Crippen molar-refractivity contribution in [1.82, 2.24) is 20.3 Å². The monoisotopic (exact) mass is 386 g/mol. The highest BCUT2D eigenvalue weighted by molar-refractivity contribution is 5.85. The van der Waals surface area contributed by atoms with E-state index in [4.69, 9.17) is 10.5 Å². The molecule has 9 heteroatoms. The molecular weight excluding hydrogens is 360 g/mol. The number of nitrogen functional groups attached to an aromatic ring is 1. The van der Waals surface area contributed by atoms with Gasteiger partial charge in [0.2, 0.25) is 17.8 Å². The first-order valence-corrected chi connectivity index (χ1v) is 8.94. The number of anilines is 2. The molecule has 0 fully saturated rings. The number of nitrogens with zero attached hydrogens (tertiary/aromatic N) is 4. The Hall–Kier alpha value is -3.23. The summed E-state index contributed by atoms with van der Waals surface area (Å²) in [4.78, 5) is 38.6. The van der Waals surface area contributed by atoms with Crippen LogP contribution in [-0.2, 0) is 27.4 Å². The molecule has 1 aromatic carbocycles. The number of ether oxygens (including phenoxy) is 1. The molecule has 0 saturated carbocycles. The number of hydrogen-bond acceptors (Lipinski definition) is 8. The maximum Gasteiger partial charge on any atom is 0.329 e. The van der Waals surface area contributed by atoms with Gasteiger partial charge in [-0.3, -0.25) is 4.79 Å². The summed E-state index contributed by atoms with van der Waals surface area (Å²) in [6.07, 6.45) is 0.188. The zero-order chi connectivity index (χ0) is 20.7. The SMILES string of the molecule is CC(C)[C@H](NC(=O)Cc1ccccc1)C(=O)OCc1nc(N)nc(N(C)C)n1. The standard InChI is InChI=1S/C19H26N6O3/c1-12(2)16(23-15(26)10-13-8-6-5-7-9-13)17(27)28-11-14-21-18(20)24-19(22-14)25(3)4/h5-9,12,16H,10-11H2,1-4H3,(H,23,26)(H2,20,21,22,24)/t16-/m0/s1. The predicted octanol–water partition coefficient (Wildman–Crippen LogP) is 0.947. The molecule has 3 N–H and O–H groups in total. The molecule has 0 radical (unpaired) electrons. The molecule has 1 amide bonds. The number of aromatic nitrogens is 3. The summed E-state index contributed by atoms with van der Waals surface area (Å²) < 4.78 is 5.31. The molecule has 0 bridgehead atoms. The minimum atomic E-state index is -0.774. The van der Waals surface area contributed by atoms with Crippen LogP contribution in [0.15, 0.2) is 30.3 Å². The number of nitrogens with two attached hydrogens (primary N) is 1. The maximum atomic E-state index is 12.5. The Kier molecular flexibility index (Phi) is 7.25. The molecule has 0 spiro atoms. The van der Waals surface area contributed by atoms with E-state index in [9.17, 15) is 9.59 Å². The molecule has 28 heavy (non-hydrogen) atoms. The van der Waals surface area contributed by atoms with Gasteiger partial charge in [0.25, 0.3) is 0 Å². The third kappa shape index (κ3) is 6.19. The summed E-state index contributed by atoms with van der Waals surface area (Å²) >= 11 is 0. The van der Waals surface area contributed by atoms with Gasteiger partial charge in [-0.05, 0) is 11.5 Å². The molecule has 2 rings (SSSR count). The van der Waals surface area contributed by atoms with Gasteiger partial charge >= 0.3 is 5.97 Å². The molecule has 9 nitrogen and oxygen atoms in total. The quantitative estimate of drug-likeness (QED) is 0.643. The van der Waals surface area contributed by atoms with Crippen molar-refractivity contribution in [1.29, 1.82) is 0 Å². The topological polar surface area (TPSA) is 123 Å². The molecule has 1 heterocycles. The van der Waals surface area contributed by atoms with E-state index >= 15 is 0 Å². The summed E-state index contributed by atoms with van der Waals surface area (Å²) in [5, 5.41) is 2.74. The Bertz CT molecular complexity index is 811. The van der Waals surface area contributed by atoms with Crippen molar-refractivity contribution in [2.75, 3.05) is 24.7 Å². The van der Waals surface area contributed by atoms with Gasteiger partial charge in [-0.1, -0.05) is 44.2 Å². The molecule has 1 aromatic heterocycles.